The number of rotatable bonds is 2. The lowest BCUT2D eigenvalue weighted by Crippen LogP contribution is -1.97. The zero-order valence-corrected chi connectivity index (χ0v) is 7.59. The summed E-state index contributed by atoms with van der Waals surface area (Å²) < 4.78 is 13.1. The van der Waals surface area contributed by atoms with E-state index in [0.29, 0.717) is 12.8 Å². The third-order valence-electron chi connectivity index (χ3n) is 1.67. The van der Waals surface area contributed by atoms with E-state index in [4.69, 9.17) is 5.73 Å². The van der Waals surface area contributed by atoms with Gasteiger partial charge in [-0.05, 0) is 17.7 Å². The first kappa shape index (κ1) is 10.4. The molecule has 0 bridgehead atoms. The zero-order chi connectivity index (χ0) is 10.4. The van der Waals surface area contributed by atoms with Gasteiger partial charge in [0.25, 0.3) is 0 Å². The van der Waals surface area contributed by atoms with E-state index >= 15 is 0 Å². The first-order valence-corrected chi connectivity index (χ1v) is 4.19. The van der Waals surface area contributed by atoms with Gasteiger partial charge in [-0.2, -0.15) is 0 Å². The molecule has 0 spiro atoms. The summed E-state index contributed by atoms with van der Waals surface area (Å²) in [5.41, 5.74) is 6.50. The summed E-state index contributed by atoms with van der Waals surface area (Å²) in [4.78, 5) is 9.99. The summed E-state index contributed by atoms with van der Waals surface area (Å²) in [6.45, 7) is 0.350. The van der Waals surface area contributed by atoms with Gasteiger partial charge in [0.2, 0.25) is 0 Å². The Labute approximate surface area is 81.9 Å². The molecule has 14 heavy (non-hydrogen) atoms. The van der Waals surface area contributed by atoms with Crippen LogP contribution in [0.15, 0.2) is 18.2 Å². The molecule has 0 unspecified atom stereocenters. The van der Waals surface area contributed by atoms with E-state index in [-0.39, 0.29) is 17.8 Å². The van der Waals surface area contributed by atoms with Gasteiger partial charge in [-0.25, -0.2) is 4.39 Å². The molecule has 1 rings (SSSR count). The van der Waals surface area contributed by atoms with Crippen molar-refractivity contribution in [2.75, 3.05) is 0 Å². The summed E-state index contributed by atoms with van der Waals surface area (Å²) >= 11 is 0. The molecule has 0 atom stereocenters. The van der Waals surface area contributed by atoms with Crippen molar-refractivity contribution in [1.29, 1.82) is 0 Å². The molecular weight excluding hydrogens is 181 g/mol. The molecule has 0 aromatic heterocycles. The molecule has 0 aliphatic heterocycles. The molecule has 2 N–H and O–H groups in total. The standard InChI is InChI=1S/C11H10FNO/c12-11-5-4-9(8-13)7-10(11)3-1-2-6-14/h4-7H,2,8,13H2. The molecule has 0 saturated carbocycles. The van der Waals surface area contributed by atoms with Crippen LogP contribution in [0.3, 0.4) is 0 Å². The number of aldehydes is 1. The minimum Gasteiger partial charge on any atom is -0.326 e. The molecule has 72 valence electrons. The quantitative estimate of drug-likeness (QED) is 0.564. The Morgan fingerprint density at radius 3 is 2.93 bits per heavy atom. The molecule has 0 heterocycles. The molecule has 0 aliphatic carbocycles. The normalized spacial score (nSPS) is 9.00. The molecule has 3 heteroatoms. The number of hydrogen-bond acceptors (Lipinski definition) is 2. The maximum atomic E-state index is 13.1. The van der Waals surface area contributed by atoms with Crippen LogP contribution < -0.4 is 5.73 Å². The van der Waals surface area contributed by atoms with E-state index in [9.17, 15) is 9.18 Å². The second kappa shape index (κ2) is 5.15. The highest BCUT2D eigenvalue weighted by molar-refractivity contribution is 5.55. The fourth-order valence-electron chi connectivity index (χ4n) is 0.983. The Morgan fingerprint density at radius 1 is 1.50 bits per heavy atom. The number of hydrogen-bond donors (Lipinski definition) is 1. The van der Waals surface area contributed by atoms with Crippen molar-refractivity contribution in [2.45, 2.75) is 13.0 Å². The molecule has 1 aromatic carbocycles. The van der Waals surface area contributed by atoms with Crippen molar-refractivity contribution in [3.8, 4) is 11.8 Å². The second-order valence-electron chi connectivity index (χ2n) is 2.69. The highest BCUT2D eigenvalue weighted by atomic mass is 19.1. The average molecular weight is 191 g/mol. The van der Waals surface area contributed by atoms with Crippen LogP contribution in [0.4, 0.5) is 4.39 Å². The lowest BCUT2D eigenvalue weighted by atomic mass is 10.1. The van der Waals surface area contributed by atoms with Crippen LogP contribution in [-0.4, -0.2) is 6.29 Å². The van der Waals surface area contributed by atoms with Gasteiger partial charge in [-0.3, -0.25) is 0 Å². The Balaban J connectivity index is 2.96. The van der Waals surface area contributed by atoms with Crippen LogP contribution in [0.5, 0.6) is 0 Å². The summed E-state index contributed by atoms with van der Waals surface area (Å²) in [6.07, 6.45) is 0.796. The summed E-state index contributed by atoms with van der Waals surface area (Å²) in [6, 6.07) is 4.53. The molecule has 0 radical (unpaired) electrons. The Bertz CT molecular complexity index is 390. The van der Waals surface area contributed by atoms with Crippen molar-refractivity contribution >= 4 is 6.29 Å². The number of carbonyl (C=O) groups excluding carboxylic acids is 1. The Morgan fingerprint density at radius 2 is 2.29 bits per heavy atom. The van der Waals surface area contributed by atoms with Gasteiger partial charge < -0.3 is 10.5 Å². The van der Waals surface area contributed by atoms with Gasteiger partial charge in [0.05, 0.1) is 12.0 Å². The zero-order valence-electron chi connectivity index (χ0n) is 7.59. The average Bonchev–Trinajstić information content (AvgIpc) is 2.21. The molecular formula is C11H10FNO. The fraction of sp³-hybridized carbons (Fsp3) is 0.182. The van der Waals surface area contributed by atoms with Gasteiger partial charge in [0.15, 0.2) is 0 Å². The monoisotopic (exact) mass is 191 g/mol. The predicted molar refractivity (Wildman–Crippen MR) is 51.9 cm³/mol. The first-order valence-electron chi connectivity index (χ1n) is 4.19. The maximum Gasteiger partial charge on any atom is 0.138 e. The van der Waals surface area contributed by atoms with Crippen LogP contribution in [0.2, 0.25) is 0 Å². The number of nitrogens with two attached hydrogens (primary N) is 1. The van der Waals surface area contributed by atoms with Crippen molar-refractivity contribution in [1.82, 2.24) is 0 Å². The van der Waals surface area contributed by atoms with Gasteiger partial charge in [0, 0.05) is 6.54 Å². The first-order chi connectivity index (χ1) is 6.77. The van der Waals surface area contributed by atoms with Crippen molar-refractivity contribution < 1.29 is 9.18 Å². The Hall–Kier alpha value is -1.66. The molecule has 2 nitrogen and oxygen atoms in total. The van der Waals surface area contributed by atoms with E-state index < -0.39 is 0 Å². The van der Waals surface area contributed by atoms with E-state index in [2.05, 4.69) is 11.8 Å². The van der Waals surface area contributed by atoms with E-state index in [1.807, 2.05) is 0 Å². The van der Waals surface area contributed by atoms with Crippen LogP contribution in [0.1, 0.15) is 17.5 Å². The third-order valence-corrected chi connectivity index (χ3v) is 1.67. The number of carbonyl (C=O) groups is 1. The summed E-state index contributed by atoms with van der Waals surface area (Å²) in [5, 5.41) is 0. The van der Waals surface area contributed by atoms with Gasteiger partial charge >= 0.3 is 0 Å². The number of halogens is 1. The number of benzene rings is 1. The second-order valence-corrected chi connectivity index (χ2v) is 2.69. The highest BCUT2D eigenvalue weighted by Gasteiger charge is 1.99. The smallest absolute Gasteiger partial charge is 0.138 e. The van der Waals surface area contributed by atoms with E-state index in [1.54, 1.807) is 12.1 Å². The SMILES string of the molecule is NCc1ccc(F)c(C#CCC=O)c1. The van der Waals surface area contributed by atoms with Crippen LogP contribution >= 0.6 is 0 Å². The minimum atomic E-state index is -0.388. The van der Waals surface area contributed by atoms with E-state index in [1.165, 1.54) is 6.07 Å². The molecule has 0 aliphatic rings. The van der Waals surface area contributed by atoms with Gasteiger partial charge in [-0.15, -0.1) is 0 Å². The topological polar surface area (TPSA) is 43.1 Å². The van der Waals surface area contributed by atoms with Crippen molar-refractivity contribution in [3.05, 3.63) is 35.1 Å². The lowest BCUT2D eigenvalue weighted by molar-refractivity contribution is -0.107. The van der Waals surface area contributed by atoms with Gasteiger partial charge in [0.1, 0.15) is 12.1 Å². The third kappa shape index (κ3) is 2.68. The minimum absolute atomic E-state index is 0.117. The maximum absolute atomic E-state index is 13.1. The Kier molecular flexibility index (Phi) is 3.84. The highest BCUT2D eigenvalue weighted by Crippen LogP contribution is 2.08. The fourth-order valence-corrected chi connectivity index (χ4v) is 0.983. The van der Waals surface area contributed by atoms with Crippen LogP contribution in [0, 0.1) is 17.7 Å². The predicted octanol–water partition coefficient (Wildman–Crippen LogP) is 1.22. The largest absolute Gasteiger partial charge is 0.326 e. The molecule has 0 fully saturated rings. The molecule has 0 saturated heterocycles. The molecule has 0 amide bonds. The van der Waals surface area contributed by atoms with Gasteiger partial charge in [-0.1, -0.05) is 17.9 Å². The van der Waals surface area contributed by atoms with Crippen molar-refractivity contribution in [3.63, 3.8) is 0 Å². The van der Waals surface area contributed by atoms with Crippen LogP contribution in [-0.2, 0) is 11.3 Å². The van der Waals surface area contributed by atoms with E-state index in [0.717, 1.165) is 5.56 Å². The summed E-state index contributed by atoms with van der Waals surface area (Å²) in [5.74, 6) is 4.73. The van der Waals surface area contributed by atoms with Crippen molar-refractivity contribution in [2.24, 2.45) is 5.73 Å². The summed E-state index contributed by atoms with van der Waals surface area (Å²) in [7, 11) is 0. The lowest BCUT2D eigenvalue weighted by Gasteiger charge is -1.98. The van der Waals surface area contributed by atoms with Crippen LogP contribution in [0.25, 0.3) is 0 Å². The molecule has 1 aromatic rings.